The summed E-state index contributed by atoms with van der Waals surface area (Å²) in [6.07, 6.45) is 5.26. The van der Waals surface area contributed by atoms with Gasteiger partial charge >= 0.3 is 0 Å². The van der Waals surface area contributed by atoms with Crippen LogP contribution in [0.1, 0.15) is 31.5 Å². The zero-order valence-electron chi connectivity index (χ0n) is 13.7. The van der Waals surface area contributed by atoms with Gasteiger partial charge in [-0.15, -0.1) is 10.2 Å². The third-order valence-corrected chi connectivity index (χ3v) is 5.06. The molecular weight excluding hydrogens is 322 g/mol. The Labute approximate surface area is 144 Å². The van der Waals surface area contributed by atoms with Gasteiger partial charge in [0.2, 0.25) is 17.7 Å². The average molecular weight is 341 g/mol. The first-order valence-electron chi connectivity index (χ1n) is 8.55. The quantitative estimate of drug-likeness (QED) is 0.818. The molecule has 1 saturated carbocycles. The standard InChI is InChI=1S/C17H19N5O3/c23-15(18-9-14-20-19-13-7-3-4-8-21(13)14)10-22-16(24)11-5-1-2-6-12(11)17(22)25/h3-4,7-8,11-12H,1-2,5-6,9-10H2,(H,18,23)/t11-,12-/m1/s1. The summed E-state index contributed by atoms with van der Waals surface area (Å²) in [4.78, 5) is 38.1. The molecule has 0 spiro atoms. The number of rotatable bonds is 4. The first-order valence-corrected chi connectivity index (χ1v) is 8.55. The number of aromatic nitrogens is 3. The van der Waals surface area contributed by atoms with Gasteiger partial charge in [-0.3, -0.25) is 23.7 Å². The van der Waals surface area contributed by atoms with Crippen LogP contribution < -0.4 is 5.32 Å². The number of nitrogens with zero attached hydrogens (tertiary/aromatic N) is 4. The van der Waals surface area contributed by atoms with Gasteiger partial charge in [0.1, 0.15) is 6.54 Å². The summed E-state index contributed by atoms with van der Waals surface area (Å²) in [5.41, 5.74) is 0.695. The van der Waals surface area contributed by atoms with Gasteiger partial charge in [0.05, 0.1) is 18.4 Å². The maximum absolute atomic E-state index is 12.4. The van der Waals surface area contributed by atoms with Crippen LogP contribution in [0.5, 0.6) is 0 Å². The smallest absolute Gasteiger partial charge is 0.240 e. The molecule has 1 aliphatic carbocycles. The Morgan fingerprint density at radius 2 is 1.84 bits per heavy atom. The van der Waals surface area contributed by atoms with Crippen molar-refractivity contribution in [3.05, 3.63) is 30.2 Å². The lowest BCUT2D eigenvalue weighted by molar-refractivity contribution is -0.143. The van der Waals surface area contributed by atoms with E-state index in [1.165, 1.54) is 0 Å². The molecule has 0 aromatic carbocycles. The maximum Gasteiger partial charge on any atom is 0.240 e. The fraction of sp³-hybridized carbons (Fsp3) is 0.471. The molecule has 3 heterocycles. The Morgan fingerprint density at radius 3 is 2.56 bits per heavy atom. The first-order chi connectivity index (χ1) is 12.1. The molecule has 2 aromatic heterocycles. The zero-order valence-corrected chi connectivity index (χ0v) is 13.7. The van der Waals surface area contributed by atoms with Crippen molar-refractivity contribution in [2.45, 2.75) is 32.2 Å². The minimum Gasteiger partial charge on any atom is -0.347 e. The van der Waals surface area contributed by atoms with Crippen molar-refractivity contribution in [3.8, 4) is 0 Å². The molecule has 0 bridgehead atoms. The SMILES string of the molecule is O=C(CN1C(=O)[C@@H]2CCCC[C@H]2C1=O)NCc1nnc2ccccn12. The van der Waals surface area contributed by atoms with Gasteiger partial charge in [0.15, 0.2) is 11.5 Å². The topological polar surface area (TPSA) is 96.7 Å². The third-order valence-electron chi connectivity index (χ3n) is 5.06. The minimum atomic E-state index is -0.368. The number of pyridine rings is 1. The van der Waals surface area contributed by atoms with Gasteiger partial charge in [-0.2, -0.15) is 0 Å². The number of carbonyl (C=O) groups excluding carboxylic acids is 3. The van der Waals surface area contributed by atoms with Crippen molar-refractivity contribution in [1.82, 2.24) is 24.8 Å². The molecule has 0 radical (unpaired) electrons. The highest BCUT2D eigenvalue weighted by molar-refractivity contribution is 6.07. The maximum atomic E-state index is 12.4. The second kappa shape index (κ2) is 6.27. The van der Waals surface area contributed by atoms with Crippen LogP contribution in [0.15, 0.2) is 24.4 Å². The highest BCUT2D eigenvalue weighted by Gasteiger charge is 2.48. The summed E-state index contributed by atoms with van der Waals surface area (Å²) in [6, 6.07) is 5.53. The van der Waals surface area contributed by atoms with Gasteiger partial charge in [-0.05, 0) is 25.0 Å². The summed E-state index contributed by atoms with van der Waals surface area (Å²) in [5.74, 6) is -0.621. The normalized spacial score (nSPS) is 23.1. The largest absolute Gasteiger partial charge is 0.347 e. The molecule has 2 fully saturated rings. The van der Waals surface area contributed by atoms with Crippen molar-refractivity contribution >= 4 is 23.4 Å². The van der Waals surface area contributed by atoms with E-state index in [2.05, 4.69) is 15.5 Å². The molecule has 130 valence electrons. The highest BCUT2D eigenvalue weighted by Crippen LogP contribution is 2.37. The van der Waals surface area contributed by atoms with Crippen molar-refractivity contribution < 1.29 is 14.4 Å². The molecule has 4 rings (SSSR count). The van der Waals surface area contributed by atoms with Crippen molar-refractivity contribution in [1.29, 1.82) is 0 Å². The van der Waals surface area contributed by atoms with Gasteiger partial charge in [-0.25, -0.2) is 0 Å². The summed E-state index contributed by atoms with van der Waals surface area (Å²) in [6.45, 7) is -0.0332. The highest BCUT2D eigenvalue weighted by atomic mass is 16.2. The Morgan fingerprint density at radius 1 is 1.12 bits per heavy atom. The lowest BCUT2D eigenvalue weighted by Gasteiger charge is -2.19. The van der Waals surface area contributed by atoms with Gasteiger partial charge in [-0.1, -0.05) is 18.9 Å². The third kappa shape index (κ3) is 2.77. The lowest BCUT2D eigenvalue weighted by Crippen LogP contribution is -2.41. The monoisotopic (exact) mass is 341 g/mol. The van der Waals surface area contributed by atoms with Gasteiger partial charge in [0.25, 0.3) is 0 Å². The van der Waals surface area contributed by atoms with Crippen LogP contribution >= 0.6 is 0 Å². The molecule has 1 aliphatic heterocycles. The number of amides is 3. The van der Waals surface area contributed by atoms with Crippen molar-refractivity contribution in [2.75, 3.05) is 6.54 Å². The summed E-state index contributed by atoms with van der Waals surface area (Å²) >= 11 is 0. The van der Waals surface area contributed by atoms with Crippen LogP contribution in [-0.2, 0) is 20.9 Å². The van der Waals surface area contributed by atoms with Crippen LogP contribution in [0, 0.1) is 11.8 Å². The summed E-state index contributed by atoms with van der Waals surface area (Å²) < 4.78 is 1.78. The van der Waals surface area contributed by atoms with Crippen LogP contribution in [-0.4, -0.2) is 43.8 Å². The molecule has 2 aromatic rings. The second-order valence-corrected chi connectivity index (χ2v) is 6.58. The number of imide groups is 1. The number of likely N-dealkylation sites (tertiary alicyclic amines) is 1. The van der Waals surface area contributed by atoms with Crippen molar-refractivity contribution in [3.63, 3.8) is 0 Å². The molecular formula is C17H19N5O3. The molecule has 8 nitrogen and oxygen atoms in total. The van der Waals surface area contributed by atoms with E-state index in [1.54, 1.807) is 4.40 Å². The molecule has 8 heteroatoms. The predicted molar refractivity (Wildman–Crippen MR) is 87.0 cm³/mol. The fourth-order valence-electron chi connectivity index (χ4n) is 3.78. The van der Waals surface area contributed by atoms with Gasteiger partial charge in [0, 0.05) is 6.20 Å². The van der Waals surface area contributed by atoms with E-state index in [9.17, 15) is 14.4 Å². The number of nitrogens with one attached hydrogen (secondary N) is 1. The average Bonchev–Trinajstić information content (AvgIpc) is 3.15. The Kier molecular flexibility index (Phi) is 3.95. The van der Waals surface area contributed by atoms with E-state index in [4.69, 9.17) is 0 Å². The molecule has 2 aliphatic rings. The Hall–Kier alpha value is -2.77. The molecule has 25 heavy (non-hydrogen) atoms. The molecule has 0 unspecified atom stereocenters. The molecule has 1 saturated heterocycles. The van der Waals surface area contributed by atoms with Crippen LogP contribution in [0.4, 0.5) is 0 Å². The van der Waals surface area contributed by atoms with Crippen molar-refractivity contribution in [2.24, 2.45) is 11.8 Å². The molecule has 1 N–H and O–H groups in total. The number of hydrogen-bond acceptors (Lipinski definition) is 5. The fourth-order valence-corrected chi connectivity index (χ4v) is 3.78. The Balaban J connectivity index is 1.39. The van der Waals surface area contributed by atoms with Crippen LogP contribution in [0.2, 0.25) is 0 Å². The number of hydrogen-bond donors (Lipinski definition) is 1. The van der Waals surface area contributed by atoms with Gasteiger partial charge < -0.3 is 5.32 Å². The molecule has 3 amide bonds. The Bertz CT molecular complexity index is 822. The van der Waals surface area contributed by atoms with Crippen LogP contribution in [0.3, 0.4) is 0 Å². The van der Waals surface area contributed by atoms with E-state index >= 15 is 0 Å². The van der Waals surface area contributed by atoms with E-state index in [0.717, 1.165) is 30.6 Å². The van der Waals surface area contributed by atoms with E-state index in [1.807, 2.05) is 24.4 Å². The number of fused-ring (bicyclic) bond motifs is 2. The molecule has 2 atom stereocenters. The van der Waals surface area contributed by atoms with E-state index in [0.29, 0.717) is 11.5 Å². The lowest BCUT2D eigenvalue weighted by atomic mass is 9.81. The zero-order chi connectivity index (χ0) is 17.4. The predicted octanol–water partition coefficient (Wildman–Crippen LogP) is 0.521. The van der Waals surface area contributed by atoms with E-state index in [-0.39, 0.29) is 42.6 Å². The van der Waals surface area contributed by atoms with Crippen LogP contribution in [0.25, 0.3) is 5.65 Å². The first kappa shape index (κ1) is 15.7. The second-order valence-electron chi connectivity index (χ2n) is 6.58. The summed E-state index contributed by atoms with van der Waals surface area (Å²) in [5, 5.41) is 10.8. The minimum absolute atomic E-state index is 0.188. The van der Waals surface area contributed by atoms with E-state index < -0.39 is 0 Å². The number of carbonyl (C=O) groups is 3. The summed E-state index contributed by atoms with van der Waals surface area (Å²) in [7, 11) is 0.